The van der Waals surface area contributed by atoms with E-state index in [4.69, 9.17) is 9.15 Å². The average molecular weight is 492 g/mol. The maximum Gasteiger partial charge on any atom is 0.338 e. The number of carbonyl (C=O) groups excluding carboxylic acids is 1. The molecule has 1 unspecified atom stereocenters. The van der Waals surface area contributed by atoms with Crippen molar-refractivity contribution in [3.05, 3.63) is 84.7 Å². The number of thiazole rings is 1. The van der Waals surface area contributed by atoms with Gasteiger partial charge in [0.2, 0.25) is 0 Å². The number of piperidine rings is 1. The number of benzene rings is 1. The maximum atomic E-state index is 13.6. The third-order valence-electron chi connectivity index (χ3n) is 6.61. The second-order valence-electron chi connectivity index (χ2n) is 9.06. The van der Waals surface area contributed by atoms with E-state index in [-0.39, 0.29) is 12.2 Å². The Bertz CT molecular complexity index is 1440. The van der Waals surface area contributed by atoms with Gasteiger partial charge in [0.25, 0.3) is 5.56 Å². The molecule has 0 aliphatic carbocycles. The minimum Gasteiger partial charge on any atom is -0.463 e. The molecular weight excluding hydrogens is 462 g/mol. The molecule has 0 amide bonds. The number of anilines is 1. The van der Waals surface area contributed by atoms with Crippen LogP contribution in [0.4, 0.5) is 5.88 Å². The standard InChI is InChI=1S/C27H29N3O4S/c1-4-33-26(32)23-18(3)28-27-30(24(23)19-8-6-5-7-9-19)25(31)21(35-27)16-20-10-11-22(34-20)29-14-12-17(2)13-15-29/h5-11,16-17,24H,4,12-15H2,1-3H3/b21-16+. The van der Waals surface area contributed by atoms with Gasteiger partial charge in [-0.1, -0.05) is 48.6 Å². The number of furan rings is 1. The normalized spacial score (nSPS) is 19.0. The van der Waals surface area contributed by atoms with E-state index in [0.717, 1.165) is 43.3 Å². The van der Waals surface area contributed by atoms with E-state index in [1.54, 1.807) is 24.5 Å². The van der Waals surface area contributed by atoms with Crippen LogP contribution in [-0.4, -0.2) is 30.2 Å². The van der Waals surface area contributed by atoms with Gasteiger partial charge in [-0.3, -0.25) is 9.36 Å². The number of hydrogen-bond acceptors (Lipinski definition) is 7. The number of rotatable bonds is 5. The zero-order chi connectivity index (χ0) is 24.5. The Hall–Kier alpha value is -3.39. The lowest BCUT2D eigenvalue weighted by atomic mass is 9.96. The summed E-state index contributed by atoms with van der Waals surface area (Å²) in [6, 6.07) is 12.8. The van der Waals surface area contributed by atoms with E-state index in [9.17, 15) is 9.59 Å². The quantitative estimate of drug-likeness (QED) is 0.510. The lowest BCUT2D eigenvalue weighted by Crippen LogP contribution is -2.39. The number of esters is 1. The molecule has 0 saturated carbocycles. The molecule has 2 aliphatic rings. The van der Waals surface area contributed by atoms with Crippen molar-refractivity contribution < 1.29 is 13.9 Å². The first-order valence-corrected chi connectivity index (χ1v) is 12.9. The molecule has 1 fully saturated rings. The molecular formula is C27H29N3O4S. The molecule has 2 aromatic heterocycles. The lowest BCUT2D eigenvalue weighted by Gasteiger charge is -2.29. The summed E-state index contributed by atoms with van der Waals surface area (Å²) < 4.78 is 13.5. The third kappa shape index (κ3) is 4.50. The van der Waals surface area contributed by atoms with Crippen molar-refractivity contribution in [2.24, 2.45) is 10.9 Å². The molecule has 35 heavy (non-hydrogen) atoms. The second kappa shape index (κ2) is 9.70. The van der Waals surface area contributed by atoms with Crippen LogP contribution in [0.25, 0.3) is 6.08 Å². The number of fused-ring (bicyclic) bond motifs is 1. The monoisotopic (exact) mass is 491 g/mol. The molecule has 7 nitrogen and oxygen atoms in total. The molecule has 4 heterocycles. The van der Waals surface area contributed by atoms with Crippen molar-refractivity contribution >= 4 is 29.3 Å². The number of aromatic nitrogens is 1. The van der Waals surface area contributed by atoms with Gasteiger partial charge in [0.05, 0.1) is 28.5 Å². The van der Waals surface area contributed by atoms with Crippen LogP contribution in [-0.2, 0) is 9.53 Å². The van der Waals surface area contributed by atoms with Crippen LogP contribution < -0.4 is 19.8 Å². The third-order valence-corrected chi connectivity index (χ3v) is 7.60. The molecule has 182 valence electrons. The highest BCUT2D eigenvalue weighted by Crippen LogP contribution is 2.30. The highest BCUT2D eigenvalue weighted by molar-refractivity contribution is 7.07. The Labute approximate surface area is 207 Å². The number of hydrogen-bond donors (Lipinski definition) is 0. The number of ether oxygens (including phenoxy) is 1. The Kier molecular flexibility index (Phi) is 6.47. The van der Waals surface area contributed by atoms with Crippen molar-refractivity contribution in [3.63, 3.8) is 0 Å². The van der Waals surface area contributed by atoms with Crippen molar-refractivity contribution in [2.75, 3.05) is 24.6 Å². The highest BCUT2D eigenvalue weighted by Gasteiger charge is 2.33. The van der Waals surface area contributed by atoms with Crippen LogP contribution in [0.1, 0.15) is 51.0 Å². The van der Waals surface area contributed by atoms with E-state index in [1.807, 2.05) is 42.5 Å². The summed E-state index contributed by atoms with van der Waals surface area (Å²) in [5.41, 5.74) is 1.57. The molecule has 1 atom stereocenters. The molecule has 2 aliphatic heterocycles. The predicted octanol–water partition coefficient (Wildman–Crippen LogP) is 3.63. The minimum atomic E-state index is -0.601. The van der Waals surface area contributed by atoms with E-state index < -0.39 is 12.0 Å². The van der Waals surface area contributed by atoms with Crippen molar-refractivity contribution in [2.45, 2.75) is 39.7 Å². The predicted molar refractivity (Wildman–Crippen MR) is 136 cm³/mol. The minimum absolute atomic E-state index is 0.207. The van der Waals surface area contributed by atoms with Gasteiger partial charge in [0, 0.05) is 25.2 Å². The molecule has 5 rings (SSSR count). The van der Waals surface area contributed by atoms with Crippen LogP contribution in [0.15, 0.2) is 67.9 Å². The first kappa shape index (κ1) is 23.4. The van der Waals surface area contributed by atoms with Crippen LogP contribution in [0, 0.1) is 5.92 Å². The number of nitrogens with zero attached hydrogens (tertiary/aromatic N) is 3. The Morgan fingerprint density at radius 1 is 1.20 bits per heavy atom. The molecule has 1 saturated heterocycles. The Balaban J connectivity index is 1.57. The highest BCUT2D eigenvalue weighted by atomic mass is 32.1. The first-order chi connectivity index (χ1) is 17.0. The lowest BCUT2D eigenvalue weighted by molar-refractivity contribution is -0.139. The van der Waals surface area contributed by atoms with Gasteiger partial charge >= 0.3 is 5.97 Å². The summed E-state index contributed by atoms with van der Waals surface area (Å²) >= 11 is 1.30. The second-order valence-corrected chi connectivity index (χ2v) is 10.1. The average Bonchev–Trinajstić information content (AvgIpc) is 3.44. The van der Waals surface area contributed by atoms with Crippen LogP contribution >= 0.6 is 11.3 Å². The zero-order valence-corrected chi connectivity index (χ0v) is 21.0. The summed E-state index contributed by atoms with van der Waals surface area (Å²) in [7, 11) is 0. The van der Waals surface area contributed by atoms with E-state index >= 15 is 0 Å². The van der Waals surface area contributed by atoms with E-state index in [1.165, 1.54) is 11.3 Å². The van der Waals surface area contributed by atoms with Crippen LogP contribution in [0.5, 0.6) is 0 Å². The SMILES string of the molecule is CCOC(=O)C1=C(C)N=c2s/c(=C/c3ccc(N4CCC(C)CC4)o3)c(=O)n2C1c1ccccc1. The van der Waals surface area contributed by atoms with Gasteiger partial charge in [-0.15, -0.1) is 0 Å². The van der Waals surface area contributed by atoms with Gasteiger partial charge in [-0.05, 0) is 44.2 Å². The maximum absolute atomic E-state index is 13.6. The molecule has 0 radical (unpaired) electrons. The van der Waals surface area contributed by atoms with Crippen molar-refractivity contribution in [3.8, 4) is 0 Å². The summed E-state index contributed by atoms with van der Waals surface area (Å²) in [4.78, 5) is 34.0. The van der Waals surface area contributed by atoms with Crippen molar-refractivity contribution in [1.82, 2.24) is 4.57 Å². The van der Waals surface area contributed by atoms with Gasteiger partial charge in [-0.25, -0.2) is 9.79 Å². The molecule has 0 N–H and O–H groups in total. The van der Waals surface area contributed by atoms with Gasteiger partial charge < -0.3 is 14.1 Å². The van der Waals surface area contributed by atoms with Gasteiger partial charge in [-0.2, -0.15) is 0 Å². The fraction of sp³-hybridized carbons (Fsp3) is 0.370. The fourth-order valence-electron chi connectivity index (χ4n) is 4.69. The molecule has 0 bridgehead atoms. The smallest absolute Gasteiger partial charge is 0.338 e. The van der Waals surface area contributed by atoms with Crippen LogP contribution in [0.2, 0.25) is 0 Å². The Morgan fingerprint density at radius 2 is 1.94 bits per heavy atom. The topological polar surface area (TPSA) is 77.0 Å². The van der Waals surface area contributed by atoms with E-state index in [0.29, 0.717) is 26.4 Å². The molecule has 1 aromatic carbocycles. The molecule has 0 spiro atoms. The van der Waals surface area contributed by atoms with E-state index in [2.05, 4.69) is 16.8 Å². The van der Waals surface area contributed by atoms with Crippen molar-refractivity contribution in [1.29, 1.82) is 0 Å². The molecule has 8 heteroatoms. The Morgan fingerprint density at radius 3 is 2.66 bits per heavy atom. The summed E-state index contributed by atoms with van der Waals surface area (Å²) in [6.07, 6.45) is 4.07. The summed E-state index contributed by atoms with van der Waals surface area (Å²) in [6.45, 7) is 8.04. The fourth-order valence-corrected chi connectivity index (χ4v) is 5.72. The number of allylic oxidation sites excluding steroid dienone is 1. The number of carbonyl (C=O) groups is 1. The summed E-state index contributed by atoms with van der Waals surface area (Å²) in [5, 5.41) is 0. The summed E-state index contributed by atoms with van der Waals surface area (Å²) in [5.74, 6) is 1.74. The van der Waals surface area contributed by atoms with Gasteiger partial charge in [0.15, 0.2) is 10.7 Å². The zero-order valence-electron chi connectivity index (χ0n) is 20.2. The first-order valence-electron chi connectivity index (χ1n) is 12.1. The molecule has 3 aromatic rings. The van der Waals surface area contributed by atoms with Gasteiger partial charge in [0.1, 0.15) is 5.76 Å². The van der Waals surface area contributed by atoms with Crippen LogP contribution in [0.3, 0.4) is 0 Å². The largest absolute Gasteiger partial charge is 0.463 e.